The van der Waals surface area contributed by atoms with Gasteiger partial charge in [0.05, 0.1) is 10.5 Å². The highest BCUT2D eigenvalue weighted by Crippen LogP contribution is 2.19. The van der Waals surface area contributed by atoms with E-state index in [1.807, 2.05) is 6.07 Å². The summed E-state index contributed by atoms with van der Waals surface area (Å²) in [6.07, 6.45) is 0. The number of sulfonamides is 1. The molecule has 0 aliphatic rings. The molecular weight excluding hydrogens is 392 g/mol. The molecule has 128 valence electrons. The van der Waals surface area contributed by atoms with E-state index < -0.39 is 15.6 Å². The Hall–Kier alpha value is -1.70. The molecule has 5 nitrogen and oxygen atoms in total. The van der Waals surface area contributed by atoms with Gasteiger partial charge >= 0.3 is 0 Å². The molecule has 2 aromatic rings. The van der Waals surface area contributed by atoms with Gasteiger partial charge in [0.2, 0.25) is 10.0 Å². The lowest BCUT2D eigenvalue weighted by atomic mass is 10.1. The average Bonchev–Trinajstić information content (AvgIpc) is 2.45. The molecule has 2 rings (SSSR count). The minimum Gasteiger partial charge on any atom is -0.322 e. The van der Waals surface area contributed by atoms with Crippen molar-refractivity contribution in [3.63, 3.8) is 0 Å². The zero-order valence-corrected chi connectivity index (χ0v) is 16.0. The van der Waals surface area contributed by atoms with Gasteiger partial charge in [0.25, 0.3) is 5.91 Å². The van der Waals surface area contributed by atoms with Crippen molar-refractivity contribution in [2.45, 2.75) is 31.2 Å². The summed E-state index contributed by atoms with van der Waals surface area (Å²) in [7, 11) is -3.59. The number of amides is 1. The van der Waals surface area contributed by atoms with E-state index in [1.165, 1.54) is 12.1 Å². The van der Waals surface area contributed by atoms with Gasteiger partial charge in [0.1, 0.15) is 0 Å². The highest BCUT2D eigenvalue weighted by Gasteiger charge is 2.21. The highest BCUT2D eigenvalue weighted by atomic mass is 79.9. The van der Waals surface area contributed by atoms with E-state index in [4.69, 9.17) is 0 Å². The third-order valence-electron chi connectivity index (χ3n) is 2.98. The maximum Gasteiger partial charge on any atom is 0.256 e. The highest BCUT2D eigenvalue weighted by molar-refractivity contribution is 9.10. The lowest BCUT2D eigenvalue weighted by Gasteiger charge is -2.20. The van der Waals surface area contributed by atoms with E-state index >= 15 is 0 Å². The number of nitrogens with one attached hydrogen (secondary N) is 2. The number of anilines is 1. The predicted molar refractivity (Wildman–Crippen MR) is 98.6 cm³/mol. The molecule has 1 amide bonds. The smallest absolute Gasteiger partial charge is 0.256 e. The maximum atomic E-state index is 12.2. The number of hydrogen-bond acceptors (Lipinski definition) is 3. The zero-order chi connectivity index (χ0) is 18.0. The molecule has 0 fully saturated rings. The summed E-state index contributed by atoms with van der Waals surface area (Å²) in [5, 5.41) is 2.74. The fraction of sp³-hybridized carbons (Fsp3) is 0.235. The van der Waals surface area contributed by atoms with Gasteiger partial charge in [0, 0.05) is 15.7 Å². The Balaban J connectivity index is 2.16. The van der Waals surface area contributed by atoms with Gasteiger partial charge in [-0.05, 0) is 73.1 Å². The van der Waals surface area contributed by atoms with Crippen LogP contribution in [0.3, 0.4) is 0 Å². The fourth-order valence-electron chi connectivity index (χ4n) is 2.02. The minimum absolute atomic E-state index is 0.149. The quantitative estimate of drug-likeness (QED) is 0.804. The van der Waals surface area contributed by atoms with Crippen LogP contribution in [0.2, 0.25) is 0 Å². The van der Waals surface area contributed by atoms with Crippen molar-refractivity contribution in [3.8, 4) is 0 Å². The number of rotatable bonds is 4. The van der Waals surface area contributed by atoms with E-state index in [2.05, 4.69) is 26.0 Å². The second kappa shape index (κ2) is 7.04. The van der Waals surface area contributed by atoms with Crippen LogP contribution in [-0.4, -0.2) is 19.9 Å². The standard InChI is InChI=1S/C17H19BrN2O3S/c1-17(2,3)20-24(22,23)13-10-8-12(9-11-13)19-16(21)14-6-4-5-7-15(14)18/h4-11,20H,1-3H3,(H,19,21). The number of hydrogen-bond donors (Lipinski definition) is 2. The Labute approximate surface area is 150 Å². The Kier molecular flexibility index (Phi) is 5.47. The number of carbonyl (C=O) groups excluding carboxylic acids is 1. The van der Waals surface area contributed by atoms with E-state index in [1.54, 1.807) is 51.1 Å². The van der Waals surface area contributed by atoms with E-state index in [0.717, 1.165) is 0 Å². The molecule has 24 heavy (non-hydrogen) atoms. The van der Waals surface area contributed by atoms with Crippen LogP contribution in [0.25, 0.3) is 0 Å². The average molecular weight is 411 g/mol. The first kappa shape index (κ1) is 18.6. The van der Waals surface area contributed by atoms with Gasteiger partial charge in [-0.1, -0.05) is 12.1 Å². The van der Waals surface area contributed by atoms with Crippen molar-refractivity contribution in [1.82, 2.24) is 4.72 Å². The van der Waals surface area contributed by atoms with Crippen molar-refractivity contribution >= 4 is 37.5 Å². The minimum atomic E-state index is -3.59. The summed E-state index contributed by atoms with van der Waals surface area (Å²) < 4.78 is 27.8. The maximum absolute atomic E-state index is 12.2. The zero-order valence-electron chi connectivity index (χ0n) is 13.6. The van der Waals surface area contributed by atoms with E-state index in [0.29, 0.717) is 15.7 Å². The molecule has 0 saturated heterocycles. The van der Waals surface area contributed by atoms with Gasteiger partial charge < -0.3 is 5.32 Å². The monoisotopic (exact) mass is 410 g/mol. The predicted octanol–water partition coefficient (Wildman–Crippen LogP) is 3.78. The molecule has 0 aliphatic carbocycles. The van der Waals surface area contributed by atoms with Crippen LogP contribution in [0.4, 0.5) is 5.69 Å². The summed E-state index contributed by atoms with van der Waals surface area (Å²) >= 11 is 3.33. The number of benzene rings is 2. The Bertz CT molecular complexity index is 841. The van der Waals surface area contributed by atoms with Gasteiger partial charge in [-0.2, -0.15) is 0 Å². The van der Waals surface area contributed by atoms with Crippen molar-refractivity contribution < 1.29 is 13.2 Å². The lowest BCUT2D eigenvalue weighted by Crippen LogP contribution is -2.40. The molecule has 0 spiro atoms. The van der Waals surface area contributed by atoms with E-state index in [-0.39, 0.29) is 10.8 Å². The number of halogens is 1. The van der Waals surface area contributed by atoms with Crippen LogP contribution in [0.1, 0.15) is 31.1 Å². The first-order valence-electron chi connectivity index (χ1n) is 7.28. The molecule has 0 atom stereocenters. The number of carbonyl (C=O) groups is 1. The molecule has 0 saturated carbocycles. The molecule has 0 aliphatic heterocycles. The van der Waals surface area contributed by atoms with Crippen LogP contribution in [0, 0.1) is 0 Å². The van der Waals surface area contributed by atoms with Crippen molar-refractivity contribution in [2.24, 2.45) is 0 Å². The molecule has 0 radical (unpaired) electrons. The Morgan fingerprint density at radius 1 is 1.00 bits per heavy atom. The van der Waals surface area contributed by atoms with Crippen LogP contribution in [0.5, 0.6) is 0 Å². The van der Waals surface area contributed by atoms with Gasteiger partial charge in [0.15, 0.2) is 0 Å². The summed E-state index contributed by atoms with van der Waals surface area (Å²) in [6.45, 7) is 5.32. The molecule has 0 heterocycles. The van der Waals surface area contributed by atoms with Crippen molar-refractivity contribution in [1.29, 1.82) is 0 Å². The molecular formula is C17H19BrN2O3S. The van der Waals surface area contributed by atoms with Gasteiger partial charge in [-0.25, -0.2) is 13.1 Å². The summed E-state index contributed by atoms with van der Waals surface area (Å²) in [6, 6.07) is 13.1. The summed E-state index contributed by atoms with van der Waals surface area (Å²) in [4.78, 5) is 12.4. The Morgan fingerprint density at radius 2 is 1.58 bits per heavy atom. The molecule has 0 unspecified atom stereocenters. The first-order chi connectivity index (χ1) is 11.1. The summed E-state index contributed by atoms with van der Waals surface area (Å²) in [5.74, 6) is -0.272. The van der Waals surface area contributed by atoms with Crippen LogP contribution >= 0.6 is 15.9 Å². The van der Waals surface area contributed by atoms with Crippen LogP contribution in [0.15, 0.2) is 57.9 Å². The summed E-state index contributed by atoms with van der Waals surface area (Å²) in [5.41, 5.74) is 0.458. The van der Waals surface area contributed by atoms with Crippen LogP contribution in [-0.2, 0) is 10.0 Å². The fourth-order valence-corrected chi connectivity index (χ4v) is 3.91. The third-order valence-corrected chi connectivity index (χ3v) is 5.45. The molecule has 2 N–H and O–H groups in total. The second-order valence-electron chi connectivity index (χ2n) is 6.31. The van der Waals surface area contributed by atoms with E-state index in [9.17, 15) is 13.2 Å². The van der Waals surface area contributed by atoms with Crippen molar-refractivity contribution in [3.05, 3.63) is 58.6 Å². The first-order valence-corrected chi connectivity index (χ1v) is 9.56. The SMILES string of the molecule is CC(C)(C)NS(=O)(=O)c1ccc(NC(=O)c2ccccc2Br)cc1. The van der Waals surface area contributed by atoms with Crippen molar-refractivity contribution in [2.75, 3.05) is 5.32 Å². The second-order valence-corrected chi connectivity index (χ2v) is 8.85. The topological polar surface area (TPSA) is 75.3 Å². The molecule has 0 bridgehead atoms. The van der Waals surface area contributed by atoms with Gasteiger partial charge in [-0.15, -0.1) is 0 Å². The third kappa shape index (κ3) is 4.90. The van der Waals surface area contributed by atoms with Crippen LogP contribution < -0.4 is 10.0 Å². The Morgan fingerprint density at radius 3 is 2.12 bits per heavy atom. The molecule has 2 aromatic carbocycles. The normalized spacial score (nSPS) is 12.0. The molecule has 0 aromatic heterocycles. The van der Waals surface area contributed by atoms with Gasteiger partial charge in [-0.3, -0.25) is 4.79 Å². The molecule has 7 heteroatoms. The lowest BCUT2D eigenvalue weighted by molar-refractivity contribution is 0.102. The largest absolute Gasteiger partial charge is 0.322 e.